The van der Waals surface area contributed by atoms with E-state index in [0.717, 1.165) is 6.42 Å². The van der Waals surface area contributed by atoms with Gasteiger partial charge in [0.15, 0.2) is 5.78 Å². The molecular weight excluding hydrogens is 244 g/mol. The number of hydrogen-bond donors (Lipinski definition) is 0. The van der Waals surface area contributed by atoms with E-state index in [2.05, 4.69) is 6.08 Å². The highest BCUT2D eigenvalue weighted by Crippen LogP contribution is 2.40. The van der Waals surface area contributed by atoms with Crippen molar-refractivity contribution in [2.75, 3.05) is 0 Å². The van der Waals surface area contributed by atoms with Crippen molar-refractivity contribution in [3.63, 3.8) is 0 Å². The Bertz CT molecular complexity index is 300. The SMILES string of the molecule is O=C1C=CC2(CCCCCCCCCCCCCC2)C1. The van der Waals surface area contributed by atoms with Gasteiger partial charge >= 0.3 is 0 Å². The third-order valence-electron chi connectivity index (χ3n) is 5.25. The van der Waals surface area contributed by atoms with Crippen LogP contribution in [0.1, 0.15) is 96.3 Å². The minimum Gasteiger partial charge on any atom is -0.295 e. The third-order valence-corrected chi connectivity index (χ3v) is 5.25. The lowest BCUT2D eigenvalue weighted by atomic mass is 9.77. The van der Waals surface area contributed by atoms with Crippen LogP contribution in [0.25, 0.3) is 0 Å². The second-order valence-corrected chi connectivity index (χ2v) is 7.08. The Morgan fingerprint density at radius 3 is 1.40 bits per heavy atom. The summed E-state index contributed by atoms with van der Waals surface area (Å²) < 4.78 is 0. The maximum atomic E-state index is 11.7. The van der Waals surface area contributed by atoms with Crippen LogP contribution in [0.2, 0.25) is 0 Å². The largest absolute Gasteiger partial charge is 0.295 e. The number of carbonyl (C=O) groups excluding carboxylic acids is 1. The maximum absolute atomic E-state index is 11.7. The van der Waals surface area contributed by atoms with Crippen LogP contribution >= 0.6 is 0 Å². The highest BCUT2D eigenvalue weighted by molar-refractivity contribution is 5.93. The van der Waals surface area contributed by atoms with Crippen LogP contribution in [0.3, 0.4) is 0 Å². The summed E-state index contributed by atoms with van der Waals surface area (Å²) in [7, 11) is 0. The first-order valence-corrected chi connectivity index (χ1v) is 9.03. The molecule has 1 nitrogen and oxygen atoms in total. The average Bonchev–Trinajstić information content (AvgIpc) is 2.80. The Morgan fingerprint density at radius 1 is 0.650 bits per heavy atom. The predicted molar refractivity (Wildman–Crippen MR) is 85.8 cm³/mol. The second kappa shape index (κ2) is 8.64. The Kier molecular flexibility index (Phi) is 6.82. The number of rotatable bonds is 0. The summed E-state index contributed by atoms with van der Waals surface area (Å²) in [4.78, 5) is 11.7. The Morgan fingerprint density at radius 2 is 1.05 bits per heavy atom. The number of ketones is 1. The highest BCUT2D eigenvalue weighted by Gasteiger charge is 2.32. The summed E-state index contributed by atoms with van der Waals surface area (Å²) >= 11 is 0. The zero-order chi connectivity index (χ0) is 14.1. The monoisotopic (exact) mass is 276 g/mol. The van der Waals surface area contributed by atoms with E-state index >= 15 is 0 Å². The highest BCUT2D eigenvalue weighted by atomic mass is 16.1. The van der Waals surface area contributed by atoms with Gasteiger partial charge in [-0.3, -0.25) is 4.79 Å². The minimum atomic E-state index is 0.247. The van der Waals surface area contributed by atoms with Gasteiger partial charge in [0.2, 0.25) is 0 Å². The predicted octanol–water partition coefficient (Wildman–Crippen LogP) is 5.98. The van der Waals surface area contributed by atoms with E-state index in [4.69, 9.17) is 0 Å². The van der Waals surface area contributed by atoms with Crippen molar-refractivity contribution in [2.45, 2.75) is 96.3 Å². The molecule has 1 spiro atoms. The first kappa shape index (κ1) is 15.8. The Hall–Kier alpha value is -0.590. The van der Waals surface area contributed by atoms with Crippen molar-refractivity contribution in [2.24, 2.45) is 5.41 Å². The summed E-state index contributed by atoms with van der Waals surface area (Å²) in [6.07, 6.45) is 24.2. The van der Waals surface area contributed by atoms with Crippen LogP contribution in [-0.4, -0.2) is 5.78 Å². The molecule has 0 aromatic carbocycles. The van der Waals surface area contributed by atoms with Crippen LogP contribution < -0.4 is 0 Å². The third kappa shape index (κ3) is 5.42. The molecule has 0 aromatic rings. The van der Waals surface area contributed by atoms with Gasteiger partial charge < -0.3 is 0 Å². The first-order chi connectivity index (χ1) is 9.81. The molecule has 2 aliphatic carbocycles. The smallest absolute Gasteiger partial charge is 0.156 e. The lowest BCUT2D eigenvalue weighted by Crippen LogP contribution is -2.17. The fourth-order valence-corrected chi connectivity index (χ4v) is 3.92. The van der Waals surface area contributed by atoms with Crippen LogP contribution in [0.4, 0.5) is 0 Å². The summed E-state index contributed by atoms with van der Waals surface area (Å²) in [6, 6.07) is 0. The van der Waals surface area contributed by atoms with Crippen LogP contribution in [-0.2, 0) is 4.79 Å². The second-order valence-electron chi connectivity index (χ2n) is 7.08. The van der Waals surface area contributed by atoms with Gasteiger partial charge in [-0.15, -0.1) is 0 Å². The molecule has 1 heteroatoms. The van der Waals surface area contributed by atoms with Gasteiger partial charge in [-0.1, -0.05) is 83.1 Å². The molecule has 0 unspecified atom stereocenters. The molecule has 1 fully saturated rings. The number of hydrogen-bond acceptors (Lipinski definition) is 1. The topological polar surface area (TPSA) is 17.1 Å². The lowest BCUT2D eigenvalue weighted by Gasteiger charge is -2.27. The minimum absolute atomic E-state index is 0.247. The standard InChI is InChI=1S/C19H32O/c20-18-13-16-19(17-18)14-11-9-7-5-3-1-2-4-6-8-10-12-15-19/h13,16H,1-12,14-15,17H2. The average molecular weight is 276 g/mol. The van der Waals surface area contributed by atoms with E-state index in [1.807, 2.05) is 6.08 Å². The maximum Gasteiger partial charge on any atom is 0.156 e. The van der Waals surface area contributed by atoms with Crippen LogP contribution in [0.5, 0.6) is 0 Å². The quantitative estimate of drug-likeness (QED) is 0.532. The van der Waals surface area contributed by atoms with Crippen molar-refractivity contribution in [1.29, 1.82) is 0 Å². The normalized spacial score (nSPS) is 26.3. The van der Waals surface area contributed by atoms with E-state index in [1.54, 1.807) is 0 Å². The molecule has 1 saturated carbocycles. The van der Waals surface area contributed by atoms with E-state index in [1.165, 1.54) is 89.9 Å². The molecule has 114 valence electrons. The van der Waals surface area contributed by atoms with Crippen LogP contribution in [0.15, 0.2) is 12.2 Å². The van der Waals surface area contributed by atoms with E-state index < -0.39 is 0 Å². The number of allylic oxidation sites excluding steroid dienone is 2. The zero-order valence-electron chi connectivity index (χ0n) is 13.2. The molecule has 0 saturated heterocycles. The van der Waals surface area contributed by atoms with Gasteiger partial charge in [-0.2, -0.15) is 0 Å². The molecule has 2 aliphatic rings. The summed E-state index contributed by atoms with van der Waals surface area (Å²) in [5, 5.41) is 0. The fraction of sp³-hybridized carbons (Fsp3) is 0.842. The molecular formula is C19H32O. The molecule has 0 aromatic heterocycles. The summed E-state index contributed by atoms with van der Waals surface area (Å²) in [6.45, 7) is 0. The zero-order valence-corrected chi connectivity index (χ0v) is 13.2. The molecule has 0 heterocycles. The molecule has 0 atom stereocenters. The van der Waals surface area contributed by atoms with Crippen molar-refractivity contribution in [3.05, 3.63) is 12.2 Å². The van der Waals surface area contributed by atoms with Gasteiger partial charge in [0, 0.05) is 6.42 Å². The van der Waals surface area contributed by atoms with Crippen molar-refractivity contribution in [1.82, 2.24) is 0 Å². The summed E-state index contributed by atoms with van der Waals surface area (Å²) in [5.74, 6) is 0.364. The van der Waals surface area contributed by atoms with Crippen molar-refractivity contribution < 1.29 is 4.79 Å². The molecule has 2 rings (SSSR count). The molecule has 0 aliphatic heterocycles. The van der Waals surface area contributed by atoms with Gasteiger partial charge in [0.25, 0.3) is 0 Å². The van der Waals surface area contributed by atoms with Crippen LogP contribution in [0, 0.1) is 5.41 Å². The summed E-state index contributed by atoms with van der Waals surface area (Å²) in [5.41, 5.74) is 0.247. The van der Waals surface area contributed by atoms with E-state index in [0.29, 0.717) is 5.78 Å². The Balaban J connectivity index is 1.82. The van der Waals surface area contributed by atoms with Crippen molar-refractivity contribution in [3.8, 4) is 0 Å². The van der Waals surface area contributed by atoms with Gasteiger partial charge in [-0.05, 0) is 24.3 Å². The molecule has 20 heavy (non-hydrogen) atoms. The van der Waals surface area contributed by atoms with Gasteiger partial charge in [-0.25, -0.2) is 0 Å². The number of carbonyl (C=O) groups is 1. The van der Waals surface area contributed by atoms with Gasteiger partial charge in [0.1, 0.15) is 0 Å². The lowest BCUT2D eigenvalue weighted by molar-refractivity contribution is -0.115. The first-order valence-electron chi connectivity index (χ1n) is 9.03. The molecule has 0 amide bonds. The molecule has 0 radical (unpaired) electrons. The van der Waals surface area contributed by atoms with E-state index in [-0.39, 0.29) is 5.41 Å². The molecule has 0 bridgehead atoms. The molecule has 0 N–H and O–H groups in total. The Labute approximate surface area is 125 Å². The van der Waals surface area contributed by atoms with E-state index in [9.17, 15) is 4.79 Å². The fourth-order valence-electron chi connectivity index (χ4n) is 3.92. The van der Waals surface area contributed by atoms with Gasteiger partial charge in [0.05, 0.1) is 0 Å². The van der Waals surface area contributed by atoms with Crippen molar-refractivity contribution >= 4 is 5.78 Å².